The van der Waals surface area contributed by atoms with Gasteiger partial charge in [0.1, 0.15) is 6.61 Å². The Balaban J connectivity index is 4.27. The first-order valence-electron chi connectivity index (χ1n) is 12.9. The van der Waals surface area contributed by atoms with Gasteiger partial charge >= 0.3 is 11.9 Å². The number of carbonyl (C=O) groups excluding carboxylic acids is 8. The Morgan fingerprint density at radius 1 is 0.783 bits per heavy atom. The van der Waals surface area contributed by atoms with Crippen LogP contribution in [-0.4, -0.2) is 118 Å². The first-order chi connectivity index (χ1) is 20.9. The summed E-state index contributed by atoms with van der Waals surface area (Å²) in [5, 5.41) is 40.1. The summed E-state index contributed by atoms with van der Waals surface area (Å²) in [7, 11) is 4.14. The zero-order chi connectivity index (χ0) is 36.3. The van der Waals surface area contributed by atoms with Gasteiger partial charge in [0.05, 0.1) is 24.0 Å². The third-order valence-corrected chi connectivity index (χ3v) is 10.0. The van der Waals surface area contributed by atoms with Crippen molar-refractivity contribution in [3.8, 4) is 0 Å². The number of anilines is 1. The summed E-state index contributed by atoms with van der Waals surface area (Å²) in [6.07, 6.45) is -2.44. The zero-order valence-electron chi connectivity index (χ0n) is 25.8. The van der Waals surface area contributed by atoms with Crippen LogP contribution in [0.25, 0.3) is 0 Å². The zero-order valence-corrected chi connectivity index (χ0v) is 32.3. The lowest BCUT2D eigenvalue weighted by Gasteiger charge is -2.49. The van der Waals surface area contributed by atoms with Crippen molar-refractivity contribution in [3.05, 3.63) is 21.8 Å². The number of halogens is 3. The maximum absolute atomic E-state index is 14.0. The van der Waals surface area contributed by atoms with Crippen LogP contribution in [0.4, 0.5) is 5.69 Å². The Morgan fingerprint density at radius 3 is 1.65 bits per heavy atom. The Labute approximate surface area is 304 Å². The molecule has 0 aromatic heterocycles. The summed E-state index contributed by atoms with van der Waals surface area (Å²) in [6.45, 7) is 2.21. The number of hydrogen-bond acceptors (Lipinski definition) is 13. The second kappa shape index (κ2) is 15.7. The highest BCUT2D eigenvalue weighted by atomic mass is 127. The van der Waals surface area contributed by atoms with Gasteiger partial charge in [0, 0.05) is 38.6 Å². The Bertz CT molecular complexity index is 1520. The van der Waals surface area contributed by atoms with Crippen LogP contribution in [0, 0.1) is 10.7 Å². The van der Waals surface area contributed by atoms with Crippen LogP contribution < -0.4 is 10.6 Å². The van der Waals surface area contributed by atoms with Gasteiger partial charge in [-0.1, -0.05) is 0 Å². The van der Waals surface area contributed by atoms with E-state index in [0.29, 0.717) is 20.8 Å². The molecule has 0 fully saturated rings. The fraction of sp³-hybridized carbons (Fsp3) is 0.481. The molecule has 4 atom stereocenters. The highest BCUT2D eigenvalue weighted by Crippen LogP contribution is 2.42. The normalized spacial score (nSPS) is 15.5. The van der Waals surface area contributed by atoms with Gasteiger partial charge in [0.15, 0.2) is 23.5 Å². The summed E-state index contributed by atoms with van der Waals surface area (Å²) < 4.78 is 9.84. The Kier molecular flexibility index (Phi) is 14.2. The van der Waals surface area contributed by atoms with Crippen molar-refractivity contribution < 1.29 is 63.1 Å². The van der Waals surface area contributed by atoms with Crippen molar-refractivity contribution >= 4 is 120 Å². The maximum Gasteiger partial charge on any atom is 0.303 e. The molecule has 46 heavy (non-hydrogen) atoms. The van der Waals surface area contributed by atoms with E-state index in [2.05, 4.69) is 10.6 Å². The van der Waals surface area contributed by atoms with Crippen LogP contribution in [-0.2, 0) is 38.2 Å². The molecule has 0 spiro atoms. The number of amides is 3. The van der Waals surface area contributed by atoms with Crippen molar-refractivity contribution in [2.45, 2.75) is 57.5 Å². The molecule has 1 rings (SSSR count). The molecular weight excluding hydrogens is 955 g/mol. The minimum absolute atomic E-state index is 0.00199. The molecule has 0 bridgehead atoms. The molecule has 0 aliphatic heterocycles. The molecule has 0 unspecified atom stereocenters. The van der Waals surface area contributed by atoms with E-state index in [0.717, 1.165) is 13.8 Å². The number of hydrogen-bond donors (Lipinski definition) is 5. The monoisotopic (exact) mass is 987 g/mol. The predicted molar refractivity (Wildman–Crippen MR) is 184 cm³/mol. The summed E-state index contributed by atoms with van der Waals surface area (Å²) >= 11 is 5.08. The number of rotatable bonds is 13. The number of esters is 2. The molecule has 3 amide bonds. The standard InChI is InChI=1S/C27H32I3N3O13/c1-10(34)25(42,15(46-14(5)38)9-45-13(4)37)27(44,12(3)36)26(43,11(2)35)24(41)32-21-19(29)16(22(39)31-6)18(28)17(20(21)30)23(40)33(7)8/h15,42-44H,9H2,1-8H3,(H,31,39)(H,32,41)/t15-,25-,26+,27+/m1/s1. The van der Waals surface area contributed by atoms with E-state index in [4.69, 9.17) is 9.47 Å². The number of benzene rings is 1. The van der Waals surface area contributed by atoms with Crippen molar-refractivity contribution in [3.63, 3.8) is 0 Å². The van der Waals surface area contributed by atoms with Gasteiger partial charge in [-0.15, -0.1) is 0 Å². The van der Waals surface area contributed by atoms with Gasteiger partial charge in [0.25, 0.3) is 17.7 Å². The van der Waals surface area contributed by atoms with Crippen molar-refractivity contribution in [2.24, 2.45) is 0 Å². The Hall–Kier alpha value is -2.35. The van der Waals surface area contributed by atoms with Crippen molar-refractivity contribution in [1.82, 2.24) is 10.2 Å². The fourth-order valence-electron chi connectivity index (χ4n) is 4.44. The van der Waals surface area contributed by atoms with E-state index in [-0.39, 0.29) is 27.5 Å². The number of nitrogens with one attached hydrogen (secondary N) is 2. The van der Waals surface area contributed by atoms with Crippen LogP contribution in [0.1, 0.15) is 55.3 Å². The number of aliphatic hydroxyl groups is 3. The van der Waals surface area contributed by atoms with Crippen LogP contribution in [0.2, 0.25) is 0 Å². The van der Waals surface area contributed by atoms with E-state index < -0.39 is 76.5 Å². The van der Waals surface area contributed by atoms with Gasteiger partial charge < -0.3 is 40.3 Å². The SMILES string of the molecule is CNC(=O)c1c(I)c(NC(=O)[C@@](O)(C(C)=O)[C@](O)(C(C)=O)[C@@](O)(C(C)=O)[C@@H](COC(C)=O)OC(C)=O)c(I)c(C(=O)N(C)C)c1I. The van der Waals surface area contributed by atoms with Gasteiger partial charge in [-0.25, -0.2) is 0 Å². The smallest absolute Gasteiger partial charge is 0.303 e. The van der Waals surface area contributed by atoms with Gasteiger partial charge in [-0.05, 0) is 88.5 Å². The van der Waals surface area contributed by atoms with Crippen molar-refractivity contribution in [1.29, 1.82) is 0 Å². The molecule has 254 valence electrons. The molecule has 0 aliphatic carbocycles. The number of nitrogens with zero attached hydrogens (tertiary/aromatic N) is 1. The van der Waals surface area contributed by atoms with Crippen LogP contribution >= 0.6 is 67.8 Å². The number of Topliss-reactive ketones (excluding diaryl/α,β-unsaturated/α-hetero) is 3. The van der Waals surface area contributed by atoms with E-state index in [1.54, 1.807) is 67.8 Å². The molecule has 0 aliphatic rings. The number of carbonyl (C=O) groups is 8. The van der Waals surface area contributed by atoms with Gasteiger partial charge in [-0.3, -0.25) is 38.4 Å². The van der Waals surface area contributed by atoms with Crippen LogP contribution in [0.15, 0.2) is 0 Å². The molecule has 1 aromatic carbocycles. The van der Waals surface area contributed by atoms with Gasteiger partial charge in [-0.2, -0.15) is 0 Å². The quantitative estimate of drug-likeness (QED) is 0.0992. The topological polar surface area (TPSA) is 243 Å². The molecule has 5 N–H and O–H groups in total. The molecule has 0 radical (unpaired) electrons. The van der Waals surface area contributed by atoms with Crippen LogP contribution in [0.3, 0.4) is 0 Å². The van der Waals surface area contributed by atoms with E-state index in [1.807, 2.05) is 0 Å². The lowest BCUT2D eigenvalue weighted by Crippen LogP contribution is -2.82. The highest BCUT2D eigenvalue weighted by Gasteiger charge is 2.75. The fourth-order valence-corrected chi connectivity index (χ4v) is 8.83. The number of ether oxygens (including phenoxy) is 2. The second-order valence-electron chi connectivity index (χ2n) is 10.1. The van der Waals surface area contributed by atoms with E-state index in [9.17, 15) is 53.7 Å². The number of ketones is 3. The first kappa shape index (κ1) is 41.7. The summed E-state index contributed by atoms with van der Waals surface area (Å²) in [5.41, 5.74) is -12.5. The maximum atomic E-state index is 14.0. The van der Waals surface area contributed by atoms with Gasteiger partial charge in [0.2, 0.25) is 16.8 Å². The summed E-state index contributed by atoms with van der Waals surface area (Å²) in [6, 6.07) is 0. The first-order valence-corrected chi connectivity index (χ1v) is 16.1. The lowest BCUT2D eigenvalue weighted by molar-refractivity contribution is -0.250. The second-order valence-corrected chi connectivity index (χ2v) is 13.3. The van der Waals surface area contributed by atoms with Crippen LogP contribution in [0.5, 0.6) is 0 Å². The molecular formula is C27H32I3N3O13. The third kappa shape index (κ3) is 7.37. The highest BCUT2D eigenvalue weighted by molar-refractivity contribution is 14.1. The molecule has 19 heteroatoms. The summed E-state index contributed by atoms with van der Waals surface area (Å²) in [4.78, 5) is 104. The minimum atomic E-state index is -4.12. The average molecular weight is 987 g/mol. The molecule has 0 saturated carbocycles. The van der Waals surface area contributed by atoms with E-state index in [1.165, 1.54) is 26.0 Å². The molecule has 0 heterocycles. The van der Waals surface area contributed by atoms with Crippen molar-refractivity contribution in [2.75, 3.05) is 33.1 Å². The minimum Gasteiger partial charge on any atom is -0.462 e. The molecule has 0 saturated heterocycles. The average Bonchev–Trinajstić information content (AvgIpc) is 2.94. The Morgan fingerprint density at radius 2 is 1.28 bits per heavy atom. The largest absolute Gasteiger partial charge is 0.462 e. The molecule has 16 nitrogen and oxygen atoms in total. The summed E-state index contributed by atoms with van der Waals surface area (Å²) in [5.74, 6) is -10.4. The predicted octanol–water partition coefficient (Wildman–Crippen LogP) is -0.0446. The third-order valence-electron chi connectivity index (χ3n) is 6.80. The lowest BCUT2D eigenvalue weighted by atomic mass is 9.62. The molecule has 1 aromatic rings. The van der Waals surface area contributed by atoms with E-state index >= 15 is 0 Å².